The first-order chi connectivity index (χ1) is 8.28. The highest BCUT2D eigenvalue weighted by molar-refractivity contribution is 14.1. The number of aryl methyl sites for hydroxylation is 1. The van der Waals surface area contributed by atoms with Gasteiger partial charge >= 0.3 is 6.09 Å². The zero-order chi connectivity index (χ0) is 12.1. The van der Waals surface area contributed by atoms with Crippen molar-refractivity contribution in [3.05, 3.63) is 35.9 Å². The maximum atomic E-state index is 11.3. The molecular formula is C13H16INO2. The second kappa shape index (κ2) is 6.23. The Labute approximate surface area is 115 Å². The molecule has 0 aromatic heterocycles. The summed E-state index contributed by atoms with van der Waals surface area (Å²) in [5, 5.41) is 2.83. The number of hydrogen-bond donors (Lipinski definition) is 1. The Hall–Kier alpha value is -0.780. The summed E-state index contributed by atoms with van der Waals surface area (Å²) >= 11 is 2.30. The number of alkyl carbamates (subject to hydrolysis) is 1. The third-order valence-electron chi connectivity index (χ3n) is 2.93. The lowest BCUT2D eigenvalue weighted by Crippen LogP contribution is -2.46. The molecule has 92 valence electrons. The molecule has 0 saturated carbocycles. The number of alkyl halides is 1. The molecule has 1 N–H and O–H groups in total. The van der Waals surface area contributed by atoms with Gasteiger partial charge in [0.25, 0.3) is 0 Å². The van der Waals surface area contributed by atoms with E-state index < -0.39 is 0 Å². The van der Waals surface area contributed by atoms with Crippen molar-refractivity contribution in [1.29, 1.82) is 0 Å². The largest absolute Gasteiger partial charge is 0.446 e. The molecule has 1 amide bonds. The highest BCUT2D eigenvalue weighted by Gasteiger charge is 2.26. The third-order valence-corrected chi connectivity index (χ3v) is 3.99. The van der Waals surface area contributed by atoms with E-state index in [9.17, 15) is 4.79 Å². The van der Waals surface area contributed by atoms with Crippen LogP contribution in [0.1, 0.15) is 18.4 Å². The van der Waals surface area contributed by atoms with E-state index in [-0.39, 0.29) is 18.2 Å². The van der Waals surface area contributed by atoms with E-state index >= 15 is 0 Å². The van der Waals surface area contributed by atoms with E-state index in [4.69, 9.17) is 4.74 Å². The van der Waals surface area contributed by atoms with Crippen molar-refractivity contribution in [2.24, 2.45) is 0 Å². The second-order valence-electron chi connectivity index (χ2n) is 4.28. The van der Waals surface area contributed by atoms with E-state index in [0.29, 0.717) is 0 Å². The molecule has 0 aliphatic carbocycles. The molecule has 2 rings (SSSR count). The van der Waals surface area contributed by atoms with Crippen molar-refractivity contribution in [3.8, 4) is 0 Å². The molecule has 1 fully saturated rings. The van der Waals surface area contributed by atoms with Crippen LogP contribution in [0.2, 0.25) is 0 Å². The second-order valence-corrected chi connectivity index (χ2v) is 5.16. The lowest BCUT2D eigenvalue weighted by atomic mass is 10.0. The number of ether oxygens (including phenoxy) is 1. The number of carbonyl (C=O) groups is 1. The van der Waals surface area contributed by atoms with Crippen molar-refractivity contribution in [1.82, 2.24) is 5.32 Å². The van der Waals surface area contributed by atoms with Crippen molar-refractivity contribution in [2.75, 3.05) is 4.43 Å². The van der Waals surface area contributed by atoms with Gasteiger partial charge < -0.3 is 10.1 Å². The Morgan fingerprint density at radius 2 is 2.12 bits per heavy atom. The number of nitrogens with one attached hydrogen (secondary N) is 1. The number of hydrogen-bond acceptors (Lipinski definition) is 2. The number of benzene rings is 1. The molecule has 3 nitrogen and oxygen atoms in total. The molecular weight excluding hydrogens is 329 g/mol. The van der Waals surface area contributed by atoms with Crippen LogP contribution in [0.4, 0.5) is 4.79 Å². The number of amides is 1. The van der Waals surface area contributed by atoms with Gasteiger partial charge in [0.05, 0.1) is 0 Å². The Morgan fingerprint density at radius 1 is 1.35 bits per heavy atom. The average Bonchev–Trinajstić information content (AvgIpc) is 2.37. The molecule has 2 atom stereocenters. The summed E-state index contributed by atoms with van der Waals surface area (Å²) in [6, 6.07) is 10.6. The predicted octanol–water partition coefficient (Wildman–Crippen LogP) is 2.92. The molecule has 1 heterocycles. The van der Waals surface area contributed by atoms with Gasteiger partial charge in [-0.2, -0.15) is 0 Å². The first kappa shape index (κ1) is 12.7. The van der Waals surface area contributed by atoms with Crippen LogP contribution in [-0.2, 0) is 11.2 Å². The maximum Gasteiger partial charge on any atom is 0.407 e. The van der Waals surface area contributed by atoms with Gasteiger partial charge in [-0.3, -0.25) is 0 Å². The lowest BCUT2D eigenvalue weighted by Gasteiger charge is -2.29. The van der Waals surface area contributed by atoms with Gasteiger partial charge in [0.15, 0.2) is 0 Å². The maximum absolute atomic E-state index is 11.3. The van der Waals surface area contributed by atoms with Crippen LogP contribution in [-0.4, -0.2) is 22.7 Å². The van der Waals surface area contributed by atoms with Crippen LogP contribution in [0.3, 0.4) is 0 Å². The van der Waals surface area contributed by atoms with Crippen LogP contribution >= 0.6 is 22.6 Å². The van der Waals surface area contributed by atoms with Crippen molar-refractivity contribution in [2.45, 2.75) is 31.4 Å². The topological polar surface area (TPSA) is 38.3 Å². The Kier molecular flexibility index (Phi) is 4.65. The highest BCUT2D eigenvalue weighted by atomic mass is 127. The molecule has 0 bridgehead atoms. The summed E-state index contributed by atoms with van der Waals surface area (Å²) < 4.78 is 6.23. The van der Waals surface area contributed by atoms with Gasteiger partial charge in [-0.1, -0.05) is 52.9 Å². The molecule has 1 aromatic carbocycles. The minimum atomic E-state index is -0.268. The van der Waals surface area contributed by atoms with Gasteiger partial charge in [-0.05, 0) is 18.4 Å². The summed E-state index contributed by atoms with van der Waals surface area (Å²) in [6.45, 7) is 0. The summed E-state index contributed by atoms with van der Waals surface area (Å²) in [5.41, 5.74) is 1.30. The molecule has 0 unspecified atom stereocenters. The van der Waals surface area contributed by atoms with Gasteiger partial charge in [0.1, 0.15) is 6.10 Å². The zero-order valence-electron chi connectivity index (χ0n) is 9.56. The van der Waals surface area contributed by atoms with Crippen LogP contribution in [0.5, 0.6) is 0 Å². The van der Waals surface area contributed by atoms with Crippen LogP contribution in [0, 0.1) is 0 Å². The number of cyclic esters (lactones) is 1. The fourth-order valence-electron chi connectivity index (χ4n) is 2.03. The van der Waals surface area contributed by atoms with Crippen molar-refractivity contribution < 1.29 is 9.53 Å². The van der Waals surface area contributed by atoms with Crippen LogP contribution in [0.25, 0.3) is 0 Å². The molecule has 0 spiro atoms. The quantitative estimate of drug-likeness (QED) is 0.673. The van der Waals surface area contributed by atoms with Gasteiger partial charge in [0.2, 0.25) is 0 Å². The van der Waals surface area contributed by atoms with E-state index in [0.717, 1.165) is 23.7 Å². The number of rotatable bonds is 4. The minimum absolute atomic E-state index is 0.0590. The van der Waals surface area contributed by atoms with Gasteiger partial charge in [0, 0.05) is 16.9 Å². The van der Waals surface area contributed by atoms with E-state index in [1.165, 1.54) is 5.56 Å². The summed E-state index contributed by atoms with van der Waals surface area (Å²) in [6.07, 6.45) is 2.58. The van der Waals surface area contributed by atoms with E-state index in [1.807, 2.05) is 18.2 Å². The molecule has 17 heavy (non-hydrogen) atoms. The summed E-state index contributed by atoms with van der Waals surface area (Å²) in [7, 11) is 0. The molecule has 1 aromatic rings. The van der Waals surface area contributed by atoms with E-state index in [1.54, 1.807) is 0 Å². The van der Waals surface area contributed by atoms with Crippen LogP contribution < -0.4 is 5.32 Å². The van der Waals surface area contributed by atoms with Gasteiger partial charge in [-0.15, -0.1) is 0 Å². The smallest absolute Gasteiger partial charge is 0.407 e. The zero-order valence-corrected chi connectivity index (χ0v) is 11.7. The standard InChI is InChI=1S/C13H16INO2/c14-9-11-8-12(17-13(16)15-11)7-6-10-4-2-1-3-5-10/h1-5,11-12H,6-9H2,(H,15,16)/t11-,12+/m0/s1. The SMILES string of the molecule is O=C1N[C@H](CI)C[C@@H](CCc2ccccc2)O1. The average molecular weight is 345 g/mol. The number of carbonyl (C=O) groups excluding carboxylic acids is 1. The highest BCUT2D eigenvalue weighted by Crippen LogP contribution is 2.17. The summed E-state index contributed by atoms with van der Waals surface area (Å²) in [5.74, 6) is 0. The van der Waals surface area contributed by atoms with Gasteiger partial charge in [-0.25, -0.2) is 4.79 Å². The Morgan fingerprint density at radius 3 is 2.82 bits per heavy atom. The lowest BCUT2D eigenvalue weighted by molar-refractivity contribution is 0.0581. The molecule has 1 aliphatic heterocycles. The first-order valence-electron chi connectivity index (χ1n) is 5.85. The molecule has 1 saturated heterocycles. The molecule has 0 radical (unpaired) electrons. The number of halogens is 1. The fraction of sp³-hybridized carbons (Fsp3) is 0.462. The monoisotopic (exact) mass is 345 g/mol. The predicted molar refractivity (Wildman–Crippen MR) is 75.5 cm³/mol. The molecule has 4 heteroatoms. The molecule has 1 aliphatic rings. The first-order valence-corrected chi connectivity index (χ1v) is 7.37. The summed E-state index contributed by atoms with van der Waals surface area (Å²) in [4.78, 5) is 11.3. The van der Waals surface area contributed by atoms with E-state index in [2.05, 4.69) is 40.0 Å². The minimum Gasteiger partial charge on any atom is -0.446 e. The Bertz CT molecular complexity index is 369. The third kappa shape index (κ3) is 3.87. The fourth-order valence-corrected chi connectivity index (χ4v) is 2.61. The van der Waals surface area contributed by atoms with Crippen LogP contribution in [0.15, 0.2) is 30.3 Å². The van der Waals surface area contributed by atoms with Crippen molar-refractivity contribution >= 4 is 28.7 Å². The van der Waals surface area contributed by atoms with Crippen molar-refractivity contribution in [3.63, 3.8) is 0 Å². The normalized spacial score (nSPS) is 23.9. The Balaban J connectivity index is 1.84.